The lowest BCUT2D eigenvalue weighted by Crippen LogP contribution is -2.24. The maximum absolute atomic E-state index is 11.3. The molecule has 0 saturated carbocycles. The van der Waals surface area contributed by atoms with Crippen molar-refractivity contribution in [2.45, 2.75) is 25.9 Å². The molecule has 0 N–H and O–H groups in total. The number of carbonyl (C=O) groups excluding carboxylic acids is 1. The van der Waals surface area contributed by atoms with Crippen molar-refractivity contribution in [3.05, 3.63) is 5.28 Å². The zero-order chi connectivity index (χ0) is 14.3. The molecule has 0 unspecified atom stereocenters. The molecule has 1 aromatic heterocycles. The second-order valence-corrected chi connectivity index (χ2v) is 4.73. The van der Waals surface area contributed by atoms with E-state index in [2.05, 4.69) is 15.0 Å². The molecule has 0 amide bonds. The van der Waals surface area contributed by atoms with Gasteiger partial charge in [-0.1, -0.05) is 11.8 Å². The number of aromatic nitrogens is 3. The minimum atomic E-state index is -0.298. The van der Waals surface area contributed by atoms with Crippen molar-refractivity contribution in [3.8, 4) is 0 Å². The Bertz CT molecular complexity index is 429. The van der Waals surface area contributed by atoms with Crippen LogP contribution in [0.25, 0.3) is 0 Å². The zero-order valence-electron chi connectivity index (χ0n) is 11.2. The molecule has 106 valence electrons. The second-order valence-electron chi connectivity index (χ2n) is 3.45. The first kappa shape index (κ1) is 16.0. The average Bonchev–Trinajstić information content (AvgIpc) is 2.38. The molecule has 0 atom stereocenters. The fourth-order valence-electron chi connectivity index (χ4n) is 1.36. The predicted octanol–water partition coefficient (Wildman–Crippen LogP) is 2.03. The van der Waals surface area contributed by atoms with Crippen LogP contribution in [-0.2, 0) is 9.53 Å². The highest BCUT2D eigenvalue weighted by Crippen LogP contribution is 2.18. The lowest BCUT2D eigenvalue weighted by atomic mass is 10.5. The largest absolute Gasteiger partial charge is 0.465 e. The van der Waals surface area contributed by atoms with Crippen molar-refractivity contribution < 1.29 is 9.53 Å². The van der Waals surface area contributed by atoms with Crippen LogP contribution in [0.15, 0.2) is 5.16 Å². The topological polar surface area (TPSA) is 68.2 Å². The average molecular weight is 305 g/mol. The smallest absolute Gasteiger partial charge is 0.316 e. The van der Waals surface area contributed by atoms with Crippen LogP contribution in [0.2, 0.25) is 5.28 Å². The van der Waals surface area contributed by atoms with Crippen molar-refractivity contribution >= 4 is 35.3 Å². The molecule has 0 saturated heterocycles. The molecule has 0 aliphatic carbocycles. The molecule has 1 heterocycles. The van der Waals surface area contributed by atoms with Gasteiger partial charge in [-0.25, -0.2) is 0 Å². The summed E-state index contributed by atoms with van der Waals surface area (Å²) in [7, 11) is 0. The van der Waals surface area contributed by atoms with Gasteiger partial charge in [0.1, 0.15) is 0 Å². The van der Waals surface area contributed by atoms with Gasteiger partial charge in [-0.2, -0.15) is 15.0 Å². The third-order valence-electron chi connectivity index (χ3n) is 2.25. The van der Waals surface area contributed by atoms with E-state index in [0.717, 1.165) is 13.1 Å². The number of halogens is 1. The monoisotopic (exact) mass is 304 g/mol. The first-order chi connectivity index (χ1) is 9.10. The van der Waals surface area contributed by atoms with Crippen LogP contribution in [0.5, 0.6) is 0 Å². The number of carbonyl (C=O) groups is 1. The van der Waals surface area contributed by atoms with Crippen LogP contribution >= 0.6 is 23.4 Å². The Balaban J connectivity index is 2.76. The summed E-state index contributed by atoms with van der Waals surface area (Å²) in [6, 6.07) is 0. The number of anilines is 1. The summed E-state index contributed by atoms with van der Waals surface area (Å²) >= 11 is 7.05. The Labute approximate surface area is 121 Å². The third-order valence-corrected chi connectivity index (χ3v) is 3.24. The molecule has 0 radical (unpaired) electrons. The van der Waals surface area contributed by atoms with Crippen molar-refractivity contribution in [2.75, 3.05) is 30.3 Å². The van der Waals surface area contributed by atoms with Gasteiger partial charge in [-0.05, 0) is 32.4 Å². The van der Waals surface area contributed by atoms with Gasteiger partial charge in [0, 0.05) is 13.1 Å². The number of thioether (sulfide) groups is 1. The molecule has 8 heteroatoms. The Kier molecular flexibility index (Phi) is 6.86. The molecule has 0 aliphatic rings. The van der Waals surface area contributed by atoms with Crippen LogP contribution < -0.4 is 4.90 Å². The number of nitrogens with zero attached hydrogens (tertiary/aromatic N) is 4. The van der Waals surface area contributed by atoms with Crippen LogP contribution in [-0.4, -0.2) is 46.4 Å². The molecule has 1 rings (SSSR count). The Morgan fingerprint density at radius 3 is 2.53 bits per heavy atom. The van der Waals surface area contributed by atoms with E-state index < -0.39 is 0 Å². The van der Waals surface area contributed by atoms with E-state index >= 15 is 0 Å². The highest BCUT2D eigenvalue weighted by Gasteiger charge is 2.12. The van der Waals surface area contributed by atoms with Gasteiger partial charge in [0.05, 0.1) is 12.4 Å². The normalized spacial score (nSPS) is 10.3. The molecular formula is C11H17ClN4O2S. The van der Waals surface area contributed by atoms with Crippen LogP contribution in [0.3, 0.4) is 0 Å². The van der Waals surface area contributed by atoms with E-state index in [1.807, 2.05) is 18.7 Å². The maximum Gasteiger partial charge on any atom is 0.316 e. The van der Waals surface area contributed by atoms with E-state index in [9.17, 15) is 4.79 Å². The summed E-state index contributed by atoms with van der Waals surface area (Å²) in [4.78, 5) is 25.6. The van der Waals surface area contributed by atoms with E-state index in [1.54, 1.807) is 6.92 Å². The summed E-state index contributed by atoms with van der Waals surface area (Å²) in [5.74, 6) is 0.385. The van der Waals surface area contributed by atoms with Crippen LogP contribution in [0.1, 0.15) is 20.8 Å². The van der Waals surface area contributed by atoms with Crippen molar-refractivity contribution in [2.24, 2.45) is 0 Å². The number of hydrogen-bond acceptors (Lipinski definition) is 7. The lowest BCUT2D eigenvalue weighted by molar-refractivity contribution is -0.139. The number of rotatable bonds is 7. The highest BCUT2D eigenvalue weighted by molar-refractivity contribution is 7.99. The molecule has 0 bridgehead atoms. The van der Waals surface area contributed by atoms with E-state index in [4.69, 9.17) is 16.3 Å². The summed E-state index contributed by atoms with van der Waals surface area (Å²) < 4.78 is 4.84. The molecule has 0 spiro atoms. The minimum Gasteiger partial charge on any atom is -0.465 e. The number of esters is 1. The Morgan fingerprint density at radius 2 is 1.95 bits per heavy atom. The summed E-state index contributed by atoms with van der Waals surface area (Å²) in [5.41, 5.74) is 0. The van der Waals surface area contributed by atoms with Gasteiger partial charge >= 0.3 is 5.97 Å². The summed E-state index contributed by atoms with van der Waals surface area (Å²) in [6.07, 6.45) is 0. The van der Waals surface area contributed by atoms with Crippen molar-refractivity contribution in [3.63, 3.8) is 0 Å². The first-order valence-electron chi connectivity index (χ1n) is 6.05. The molecule has 6 nitrogen and oxygen atoms in total. The number of ether oxygens (including phenoxy) is 1. The van der Waals surface area contributed by atoms with Gasteiger partial charge in [-0.15, -0.1) is 0 Å². The van der Waals surface area contributed by atoms with E-state index in [0.29, 0.717) is 17.7 Å². The Hall–Kier alpha value is -1.08. The molecule has 0 fully saturated rings. The van der Waals surface area contributed by atoms with Gasteiger partial charge < -0.3 is 9.64 Å². The van der Waals surface area contributed by atoms with Gasteiger partial charge in [0.2, 0.25) is 11.2 Å². The van der Waals surface area contributed by atoms with Crippen LogP contribution in [0, 0.1) is 0 Å². The predicted molar refractivity (Wildman–Crippen MR) is 75.8 cm³/mol. The van der Waals surface area contributed by atoms with Crippen molar-refractivity contribution in [1.82, 2.24) is 15.0 Å². The lowest BCUT2D eigenvalue weighted by Gasteiger charge is -2.18. The number of hydrogen-bond donors (Lipinski definition) is 0. The van der Waals surface area contributed by atoms with Crippen molar-refractivity contribution in [1.29, 1.82) is 0 Å². The molecule has 0 aromatic carbocycles. The zero-order valence-corrected chi connectivity index (χ0v) is 12.8. The van der Waals surface area contributed by atoms with E-state index in [-0.39, 0.29) is 17.0 Å². The molecular weight excluding hydrogens is 288 g/mol. The summed E-state index contributed by atoms with van der Waals surface area (Å²) in [5, 5.41) is 0.554. The third kappa shape index (κ3) is 5.20. The van der Waals surface area contributed by atoms with E-state index in [1.165, 1.54) is 11.8 Å². The first-order valence-corrected chi connectivity index (χ1v) is 7.41. The van der Waals surface area contributed by atoms with Gasteiger partial charge in [-0.3, -0.25) is 4.79 Å². The second kappa shape index (κ2) is 8.16. The molecule has 1 aromatic rings. The molecule has 19 heavy (non-hydrogen) atoms. The standard InChI is InChI=1S/C11H17ClN4O2S/c1-4-16(5-2)10-13-9(12)14-11(15-10)19-7-8(17)18-6-3/h4-7H2,1-3H3. The fourth-order valence-corrected chi connectivity index (χ4v) is 2.19. The fraction of sp³-hybridized carbons (Fsp3) is 0.636. The summed E-state index contributed by atoms with van der Waals surface area (Å²) in [6.45, 7) is 7.69. The van der Waals surface area contributed by atoms with Gasteiger partial charge in [0.25, 0.3) is 0 Å². The molecule has 0 aliphatic heterocycles. The Morgan fingerprint density at radius 1 is 1.26 bits per heavy atom. The van der Waals surface area contributed by atoms with Gasteiger partial charge in [0.15, 0.2) is 5.16 Å². The van der Waals surface area contributed by atoms with Crippen LogP contribution in [0.4, 0.5) is 5.95 Å². The maximum atomic E-state index is 11.3. The minimum absolute atomic E-state index is 0.128. The quantitative estimate of drug-likeness (QED) is 0.564. The SMILES string of the molecule is CCOC(=O)CSc1nc(Cl)nc(N(CC)CC)n1. The highest BCUT2D eigenvalue weighted by atomic mass is 35.5.